The van der Waals surface area contributed by atoms with E-state index in [1.54, 1.807) is 18.2 Å². The van der Waals surface area contributed by atoms with Crippen molar-refractivity contribution in [2.45, 2.75) is 0 Å². The molecular formula is C12H7Br2NO3. The fourth-order valence-electron chi connectivity index (χ4n) is 1.28. The maximum atomic E-state index is 10.8. The van der Waals surface area contributed by atoms with E-state index in [-0.39, 0.29) is 5.56 Å². The third kappa shape index (κ3) is 3.08. The summed E-state index contributed by atoms with van der Waals surface area (Å²) >= 11 is 6.51. The van der Waals surface area contributed by atoms with Crippen molar-refractivity contribution in [3.63, 3.8) is 0 Å². The zero-order chi connectivity index (χ0) is 13.1. The van der Waals surface area contributed by atoms with Gasteiger partial charge in [-0.3, -0.25) is 4.99 Å². The minimum absolute atomic E-state index is 0.200. The summed E-state index contributed by atoms with van der Waals surface area (Å²) in [7, 11) is 0. The Balaban J connectivity index is 2.23. The van der Waals surface area contributed by atoms with Crippen LogP contribution in [0.25, 0.3) is 0 Å². The highest BCUT2D eigenvalue weighted by Crippen LogP contribution is 2.26. The van der Waals surface area contributed by atoms with Gasteiger partial charge in [0.25, 0.3) is 0 Å². The molecule has 1 aromatic carbocycles. The molecule has 0 radical (unpaired) electrons. The number of nitrogens with zero attached hydrogens (tertiary/aromatic N) is 1. The highest BCUT2D eigenvalue weighted by atomic mass is 79.9. The minimum atomic E-state index is -0.976. The van der Waals surface area contributed by atoms with Crippen molar-refractivity contribution in [2.24, 2.45) is 4.99 Å². The first-order valence-electron chi connectivity index (χ1n) is 4.88. The average Bonchev–Trinajstić information content (AvgIpc) is 2.67. The van der Waals surface area contributed by atoms with Gasteiger partial charge in [-0.2, -0.15) is 0 Å². The molecule has 1 aromatic heterocycles. The Morgan fingerprint density at radius 2 is 2.11 bits per heavy atom. The van der Waals surface area contributed by atoms with Crippen LogP contribution in [0.1, 0.15) is 16.1 Å². The number of benzene rings is 1. The van der Waals surface area contributed by atoms with Gasteiger partial charge in [-0.25, -0.2) is 4.79 Å². The molecule has 0 amide bonds. The largest absolute Gasteiger partial charge is 0.478 e. The summed E-state index contributed by atoms with van der Waals surface area (Å²) in [6.45, 7) is 0. The summed E-state index contributed by atoms with van der Waals surface area (Å²) in [5, 5.41) is 8.85. The molecular weight excluding hydrogens is 366 g/mol. The summed E-state index contributed by atoms with van der Waals surface area (Å²) in [6, 6.07) is 8.13. The molecule has 0 bridgehead atoms. The summed E-state index contributed by atoms with van der Waals surface area (Å²) in [4.78, 5) is 14.9. The standard InChI is InChI=1S/C12H7Br2NO3/c13-10-5-9(18-11(10)14)6-15-8-3-1-2-7(4-8)12(16)17/h1-6H,(H,16,17). The number of aliphatic imine (C=N–C) groups is 1. The summed E-state index contributed by atoms with van der Waals surface area (Å²) in [5.74, 6) is -0.412. The average molecular weight is 373 g/mol. The number of carboxylic acid groups (broad SMARTS) is 1. The summed E-state index contributed by atoms with van der Waals surface area (Å²) in [5.41, 5.74) is 0.755. The maximum Gasteiger partial charge on any atom is 0.335 e. The molecule has 1 N–H and O–H groups in total. The number of rotatable bonds is 3. The maximum absolute atomic E-state index is 10.8. The van der Waals surface area contributed by atoms with E-state index >= 15 is 0 Å². The van der Waals surface area contributed by atoms with Crippen LogP contribution in [-0.2, 0) is 0 Å². The molecule has 2 rings (SSSR count). The van der Waals surface area contributed by atoms with E-state index in [1.807, 2.05) is 0 Å². The Labute approximate surface area is 120 Å². The zero-order valence-electron chi connectivity index (χ0n) is 8.93. The molecule has 4 nitrogen and oxygen atoms in total. The fraction of sp³-hybridized carbons (Fsp3) is 0. The minimum Gasteiger partial charge on any atom is -0.478 e. The Kier molecular flexibility index (Phi) is 3.98. The van der Waals surface area contributed by atoms with Gasteiger partial charge in [0, 0.05) is 6.07 Å². The lowest BCUT2D eigenvalue weighted by molar-refractivity contribution is 0.0697. The first-order valence-corrected chi connectivity index (χ1v) is 6.47. The third-order valence-electron chi connectivity index (χ3n) is 2.10. The first-order chi connectivity index (χ1) is 8.56. The lowest BCUT2D eigenvalue weighted by Gasteiger charge is -1.95. The monoisotopic (exact) mass is 371 g/mol. The van der Waals surface area contributed by atoms with Gasteiger partial charge in [-0.05, 0) is 50.1 Å². The molecule has 0 saturated heterocycles. The predicted molar refractivity (Wildman–Crippen MR) is 74.8 cm³/mol. The van der Waals surface area contributed by atoms with Gasteiger partial charge in [-0.15, -0.1) is 0 Å². The number of carbonyl (C=O) groups is 1. The van der Waals surface area contributed by atoms with Gasteiger partial charge in [0.15, 0.2) is 4.67 Å². The normalized spacial score (nSPS) is 11.0. The Morgan fingerprint density at radius 3 is 2.72 bits per heavy atom. The van der Waals surface area contributed by atoms with Crippen molar-refractivity contribution >= 4 is 49.7 Å². The number of aromatic carboxylic acids is 1. The summed E-state index contributed by atoms with van der Waals surface area (Å²) in [6.07, 6.45) is 1.52. The van der Waals surface area contributed by atoms with Crippen molar-refractivity contribution < 1.29 is 14.3 Å². The van der Waals surface area contributed by atoms with Crippen LogP contribution < -0.4 is 0 Å². The lowest BCUT2D eigenvalue weighted by Crippen LogP contribution is -1.94. The lowest BCUT2D eigenvalue weighted by atomic mass is 10.2. The van der Waals surface area contributed by atoms with E-state index in [0.717, 1.165) is 4.47 Å². The molecule has 0 aliphatic carbocycles. The highest BCUT2D eigenvalue weighted by molar-refractivity contribution is 9.13. The molecule has 92 valence electrons. The quantitative estimate of drug-likeness (QED) is 0.819. The molecule has 0 fully saturated rings. The smallest absolute Gasteiger partial charge is 0.335 e. The molecule has 0 spiro atoms. The first kappa shape index (κ1) is 13.0. The van der Waals surface area contributed by atoms with E-state index in [0.29, 0.717) is 16.1 Å². The van der Waals surface area contributed by atoms with Crippen LogP contribution in [0.3, 0.4) is 0 Å². The van der Waals surface area contributed by atoms with Crippen molar-refractivity contribution in [1.29, 1.82) is 0 Å². The second kappa shape index (κ2) is 5.49. The molecule has 1 heterocycles. The predicted octanol–water partition coefficient (Wildman–Crippen LogP) is 4.25. The van der Waals surface area contributed by atoms with Gasteiger partial charge in [-0.1, -0.05) is 6.07 Å². The van der Waals surface area contributed by atoms with Crippen LogP contribution in [-0.4, -0.2) is 17.3 Å². The van der Waals surface area contributed by atoms with Gasteiger partial charge in [0.05, 0.1) is 21.9 Å². The highest BCUT2D eigenvalue weighted by Gasteiger charge is 2.04. The van der Waals surface area contributed by atoms with Gasteiger partial charge >= 0.3 is 5.97 Å². The van der Waals surface area contributed by atoms with Gasteiger partial charge < -0.3 is 9.52 Å². The number of halogens is 2. The molecule has 0 saturated carbocycles. The van der Waals surface area contributed by atoms with E-state index in [2.05, 4.69) is 36.9 Å². The molecule has 0 atom stereocenters. The topological polar surface area (TPSA) is 62.8 Å². The number of furan rings is 1. The van der Waals surface area contributed by atoms with E-state index in [9.17, 15) is 4.79 Å². The van der Waals surface area contributed by atoms with Crippen molar-refractivity contribution in [1.82, 2.24) is 0 Å². The molecule has 18 heavy (non-hydrogen) atoms. The molecule has 0 aliphatic heterocycles. The number of hydrogen-bond donors (Lipinski definition) is 1. The van der Waals surface area contributed by atoms with Crippen LogP contribution in [0.4, 0.5) is 5.69 Å². The van der Waals surface area contributed by atoms with Crippen molar-refractivity contribution in [2.75, 3.05) is 0 Å². The van der Waals surface area contributed by atoms with Crippen LogP contribution >= 0.6 is 31.9 Å². The van der Waals surface area contributed by atoms with E-state index in [4.69, 9.17) is 9.52 Å². The number of hydrogen-bond acceptors (Lipinski definition) is 3. The van der Waals surface area contributed by atoms with Crippen LogP contribution in [0.5, 0.6) is 0 Å². The van der Waals surface area contributed by atoms with E-state index in [1.165, 1.54) is 18.3 Å². The molecule has 0 unspecified atom stereocenters. The van der Waals surface area contributed by atoms with Crippen LogP contribution in [0, 0.1) is 0 Å². The van der Waals surface area contributed by atoms with Crippen molar-refractivity contribution in [3.05, 3.63) is 50.8 Å². The Morgan fingerprint density at radius 1 is 1.33 bits per heavy atom. The van der Waals surface area contributed by atoms with E-state index < -0.39 is 5.97 Å². The fourth-order valence-corrected chi connectivity index (χ4v) is 1.89. The van der Waals surface area contributed by atoms with Gasteiger partial charge in [0.1, 0.15) is 5.76 Å². The molecule has 0 aliphatic rings. The Bertz CT molecular complexity index is 600. The van der Waals surface area contributed by atoms with Crippen LogP contribution in [0.15, 0.2) is 48.9 Å². The van der Waals surface area contributed by atoms with Crippen LogP contribution in [0.2, 0.25) is 0 Å². The van der Waals surface area contributed by atoms with Gasteiger partial charge in [0.2, 0.25) is 0 Å². The summed E-state index contributed by atoms with van der Waals surface area (Å²) < 4.78 is 6.70. The number of carboxylic acids is 1. The van der Waals surface area contributed by atoms with Crippen molar-refractivity contribution in [3.8, 4) is 0 Å². The second-order valence-corrected chi connectivity index (χ2v) is 4.96. The molecule has 2 aromatic rings. The SMILES string of the molecule is O=C(O)c1cccc(N=Cc2cc(Br)c(Br)o2)c1. The Hall–Kier alpha value is -1.40. The zero-order valence-corrected chi connectivity index (χ0v) is 12.1. The molecule has 6 heteroatoms. The second-order valence-electron chi connectivity index (χ2n) is 3.38. The third-order valence-corrected chi connectivity index (χ3v) is 3.81.